The van der Waals surface area contributed by atoms with E-state index < -0.39 is 20.0 Å². The second-order valence-electron chi connectivity index (χ2n) is 16.8. The van der Waals surface area contributed by atoms with E-state index in [9.17, 15) is 19.4 Å². The minimum atomic E-state index is -4.34. The van der Waals surface area contributed by atoms with Crippen LogP contribution in [0.5, 0.6) is 0 Å². The maximum atomic E-state index is 12.9. The number of allylic oxidation sites excluding steroid dienone is 5. The van der Waals surface area contributed by atoms with Gasteiger partial charge in [-0.15, -0.1) is 0 Å². The number of amides is 1. The zero-order valence-corrected chi connectivity index (χ0v) is 37.6. The fraction of sp³-hybridized carbons (Fsp3) is 0.848. The number of aliphatic hydroxyl groups is 1. The van der Waals surface area contributed by atoms with Crippen molar-refractivity contribution in [1.29, 1.82) is 0 Å². The molecule has 0 aromatic rings. The fourth-order valence-electron chi connectivity index (χ4n) is 6.44. The average molecular weight is 798 g/mol. The monoisotopic (exact) mass is 798 g/mol. The molecular formula is C46H90N2O6P+. The minimum absolute atomic E-state index is 0.0588. The van der Waals surface area contributed by atoms with E-state index in [1.165, 1.54) is 128 Å². The Labute approximate surface area is 340 Å². The summed E-state index contributed by atoms with van der Waals surface area (Å²) < 4.78 is 23.6. The summed E-state index contributed by atoms with van der Waals surface area (Å²) in [7, 11) is 1.56. The first-order valence-corrected chi connectivity index (χ1v) is 24.4. The van der Waals surface area contributed by atoms with Crippen LogP contribution in [-0.4, -0.2) is 73.4 Å². The number of nitrogens with one attached hydrogen (secondary N) is 1. The molecule has 0 aliphatic carbocycles. The maximum absolute atomic E-state index is 12.9. The number of aliphatic hydroxyl groups excluding tert-OH is 1. The Morgan fingerprint density at radius 3 is 1.49 bits per heavy atom. The van der Waals surface area contributed by atoms with Crippen molar-refractivity contribution < 1.29 is 32.9 Å². The highest BCUT2D eigenvalue weighted by atomic mass is 31.2. The SMILES string of the molecule is CCCCC/C=C\C=C/CCCCCCCCC(=O)NC(COP(=O)(O)OCC[N+](C)(C)C)C(O)/C=C/CCCCCCCCCCCCCCCCCC. The van der Waals surface area contributed by atoms with Gasteiger partial charge in [0, 0.05) is 6.42 Å². The molecule has 0 aliphatic rings. The summed E-state index contributed by atoms with van der Waals surface area (Å²) in [4.78, 5) is 23.1. The summed E-state index contributed by atoms with van der Waals surface area (Å²) in [5, 5.41) is 13.8. The number of carbonyl (C=O) groups is 1. The van der Waals surface area contributed by atoms with E-state index in [-0.39, 0.29) is 19.1 Å². The van der Waals surface area contributed by atoms with Crippen LogP contribution in [0.1, 0.15) is 200 Å². The lowest BCUT2D eigenvalue weighted by molar-refractivity contribution is -0.870. The Morgan fingerprint density at radius 2 is 1.02 bits per heavy atom. The largest absolute Gasteiger partial charge is 0.472 e. The van der Waals surface area contributed by atoms with E-state index in [4.69, 9.17) is 9.05 Å². The summed E-state index contributed by atoms with van der Waals surface area (Å²) in [6.07, 6.45) is 46.3. The first kappa shape index (κ1) is 53.7. The van der Waals surface area contributed by atoms with Crippen LogP contribution in [0.25, 0.3) is 0 Å². The number of phosphoric acid groups is 1. The van der Waals surface area contributed by atoms with Crippen LogP contribution in [0.15, 0.2) is 36.5 Å². The number of hydrogen-bond donors (Lipinski definition) is 3. The molecule has 3 N–H and O–H groups in total. The number of hydrogen-bond acceptors (Lipinski definition) is 5. The van der Waals surface area contributed by atoms with Crippen molar-refractivity contribution in [3.8, 4) is 0 Å². The Morgan fingerprint density at radius 1 is 0.618 bits per heavy atom. The van der Waals surface area contributed by atoms with Crippen LogP contribution in [0.3, 0.4) is 0 Å². The van der Waals surface area contributed by atoms with Crippen molar-refractivity contribution in [3.05, 3.63) is 36.5 Å². The molecule has 9 heteroatoms. The standard InChI is InChI=1S/C46H89N2O6P/c1-6-8-10-12-14-16-18-20-22-23-24-26-27-29-31-33-35-37-39-45(49)44(43-54-55(51,52)53-42-41-48(3,4)5)47-46(50)40-38-36-34-32-30-28-25-21-19-17-15-13-11-9-7-2/h15,17,19,21,37,39,44-45,49H,6-14,16,18,20,22-36,38,40-43H2,1-5H3,(H-,47,50,51,52)/p+1/b17-15-,21-19-,39-37+. The molecule has 0 bridgehead atoms. The van der Waals surface area contributed by atoms with Gasteiger partial charge in [-0.1, -0.05) is 185 Å². The number of likely N-dealkylation sites (N-methyl/N-ethyl adjacent to an activating group) is 1. The number of phosphoric ester groups is 1. The summed E-state index contributed by atoms with van der Waals surface area (Å²) in [6, 6.07) is -0.851. The molecule has 0 aromatic heterocycles. The second kappa shape index (κ2) is 38.2. The Kier molecular flexibility index (Phi) is 37.4. The lowest BCUT2D eigenvalue weighted by Gasteiger charge is -2.25. The topological polar surface area (TPSA) is 105 Å². The summed E-state index contributed by atoms with van der Waals surface area (Å²) in [5.74, 6) is -0.189. The van der Waals surface area contributed by atoms with Gasteiger partial charge in [0.05, 0.1) is 39.9 Å². The molecule has 1 amide bonds. The molecule has 55 heavy (non-hydrogen) atoms. The summed E-state index contributed by atoms with van der Waals surface area (Å²) in [6.45, 7) is 4.78. The molecule has 0 radical (unpaired) electrons. The number of rotatable bonds is 41. The van der Waals surface area contributed by atoms with Crippen LogP contribution in [0.4, 0.5) is 0 Å². The highest BCUT2D eigenvalue weighted by Gasteiger charge is 2.27. The lowest BCUT2D eigenvalue weighted by Crippen LogP contribution is -2.45. The van der Waals surface area contributed by atoms with Crippen molar-refractivity contribution in [3.63, 3.8) is 0 Å². The molecular weight excluding hydrogens is 707 g/mol. The third-order valence-electron chi connectivity index (χ3n) is 10.1. The van der Waals surface area contributed by atoms with Crippen LogP contribution >= 0.6 is 7.82 Å². The van der Waals surface area contributed by atoms with Crippen molar-refractivity contribution in [2.75, 3.05) is 40.9 Å². The van der Waals surface area contributed by atoms with Gasteiger partial charge in [0.15, 0.2) is 0 Å². The zero-order chi connectivity index (χ0) is 40.7. The second-order valence-corrected chi connectivity index (χ2v) is 18.3. The third kappa shape index (κ3) is 40.7. The van der Waals surface area contributed by atoms with Gasteiger partial charge in [-0.05, 0) is 44.9 Å². The Hall–Kier alpha value is -1.28. The van der Waals surface area contributed by atoms with E-state index >= 15 is 0 Å². The smallest absolute Gasteiger partial charge is 0.387 e. The van der Waals surface area contributed by atoms with Gasteiger partial charge in [-0.25, -0.2) is 4.57 Å². The van der Waals surface area contributed by atoms with E-state index in [0.29, 0.717) is 17.4 Å². The van der Waals surface area contributed by atoms with Gasteiger partial charge < -0.3 is 19.8 Å². The average Bonchev–Trinajstić information content (AvgIpc) is 3.13. The number of carbonyl (C=O) groups excluding carboxylic acids is 1. The first-order chi connectivity index (χ1) is 26.5. The maximum Gasteiger partial charge on any atom is 0.472 e. The molecule has 324 valence electrons. The van der Waals surface area contributed by atoms with Crippen LogP contribution in [0, 0.1) is 0 Å². The zero-order valence-electron chi connectivity index (χ0n) is 36.7. The van der Waals surface area contributed by atoms with Gasteiger partial charge in [0.1, 0.15) is 13.2 Å². The highest BCUT2D eigenvalue weighted by Crippen LogP contribution is 2.43. The fourth-order valence-corrected chi connectivity index (χ4v) is 7.18. The molecule has 0 heterocycles. The highest BCUT2D eigenvalue weighted by molar-refractivity contribution is 7.47. The van der Waals surface area contributed by atoms with Gasteiger partial charge in [-0.3, -0.25) is 13.8 Å². The first-order valence-electron chi connectivity index (χ1n) is 22.9. The van der Waals surface area contributed by atoms with E-state index in [1.54, 1.807) is 6.08 Å². The lowest BCUT2D eigenvalue weighted by atomic mass is 10.0. The number of unbranched alkanes of at least 4 members (excludes halogenated alkanes) is 25. The predicted molar refractivity (Wildman–Crippen MR) is 235 cm³/mol. The summed E-state index contributed by atoms with van der Waals surface area (Å²) in [5.41, 5.74) is 0. The third-order valence-corrected chi connectivity index (χ3v) is 11.1. The molecule has 0 saturated heterocycles. The predicted octanol–water partition coefficient (Wildman–Crippen LogP) is 12.7. The minimum Gasteiger partial charge on any atom is -0.387 e. The van der Waals surface area contributed by atoms with E-state index in [0.717, 1.165) is 51.4 Å². The van der Waals surface area contributed by atoms with Crippen molar-refractivity contribution in [2.45, 2.75) is 212 Å². The number of quaternary nitrogens is 1. The van der Waals surface area contributed by atoms with Gasteiger partial charge >= 0.3 is 7.82 Å². The number of nitrogens with zero attached hydrogens (tertiary/aromatic N) is 1. The quantitative estimate of drug-likeness (QED) is 0.0187. The van der Waals surface area contributed by atoms with Gasteiger partial charge in [0.2, 0.25) is 5.91 Å². The van der Waals surface area contributed by atoms with Crippen molar-refractivity contribution >= 4 is 13.7 Å². The molecule has 0 aliphatic heterocycles. The van der Waals surface area contributed by atoms with Crippen LogP contribution in [-0.2, 0) is 18.4 Å². The molecule has 0 saturated carbocycles. The van der Waals surface area contributed by atoms with Gasteiger partial charge in [0.25, 0.3) is 0 Å². The van der Waals surface area contributed by atoms with Crippen LogP contribution in [0.2, 0.25) is 0 Å². The molecule has 0 rings (SSSR count). The molecule has 0 fully saturated rings. The van der Waals surface area contributed by atoms with Gasteiger partial charge in [-0.2, -0.15) is 0 Å². The Balaban J connectivity index is 4.43. The van der Waals surface area contributed by atoms with E-state index in [1.807, 2.05) is 27.2 Å². The normalized spacial score (nSPS) is 14.7. The molecule has 3 atom stereocenters. The molecule has 0 spiro atoms. The molecule has 8 nitrogen and oxygen atoms in total. The molecule has 0 aromatic carbocycles. The Bertz CT molecular complexity index is 995. The van der Waals surface area contributed by atoms with Crippen LogP contribution < -0.4 is 5.32 Å². The molecule has 3 unspecified atom stereocenters. The van der Waals surface area contributed by atoms with Crippen molar-refractivity contribution in [2.24, 2.45) is 0 Å². The van der Waals surface area contributed by atoms with Crippen molar-refractivity contribution in [1.82, 2.24) is 5.32 Å². The summed E-state index contributed by atoms with van der Waals surface area (Å²) >= 11 is 0. The van der Waals surface area contributed by atoms with E-state index in [2.05, 4.69) is 43.5 Å².